The third-order valence-corrected chi connectivity index (χ3v) is 2.88. The number of thioether (sulfide) groups is 1. The first-order valence-electron chi connectivity index (χ1n) is 5.37. The summed E-state index contributed by atoms with van der Waals surface area (Å²) in [6, 6.07) is 0. The lowest BCUT2D eigenvalue weighted by atomic mass is 9.89. The van der Waals surface area contributed by atoms with E-state index in [4.69, 9.17) is 0 Å². The van der Waals surface area contributed by atoms with Crippen molar-refractivity contribution in [3.63, 3.8) is 0 Å². The molecule has 0 saturated heterocycles. The van der Waals surface area contributed by atoms with Crippen molar-refractivity contribution in [3.05, 3.63) is 0 Å². The second-order valence-corrected chi connectivity index (χ2v) is 6.97. The molecule has 0 spiro atoms. The smallest absolute Gasteiger partial charge is 0.312 e. The van der Waals surface area contributed by atoms with E-state index in [9.17, 15) is 13.2 Å². The van der Waals surface area contributed by atoms with Gasteiger partial charge in [-0.15, -0.1) is 0 Å². The van der Waals surface area contributed by atoms with Gasteiger partial charge in [0.25, 0.3) is 0 Å². The zero-order valence-corrected chi connectivity index (χ0v) is 11.5. The van der Waals surface area contributed by atoms with Crippen LogP contribution in [0.1, 0.15) is 41.0 Å². The Bertz CT molecular complexity index is 206. The molecule has 0 unspecified atom stereocenters. The number of rotatable bonds is 5. The maximum absolute atomic E-state index is 12.0. The molecule has 0 atom stereocenters. The topological polar surface area (TPSA) is 12.0 Å². The van der Waals surface area contributed by atoms with Gasteiger partial charge in [-0.05, 0) is 32.6 Å². The molecule has 0 aliphatic rings. The molecular formula is C11H22F3NS. The van der Waals surface area contributed by atoms with E-state index in [0.29, 0.717) is 6.42 Å². The molecule has 0 fully saturated rings. The lowest BCUT2D eigenvalue weighted by Gasteiger charge is -2.30. The van der Waals surface area contributed by atoms with Gasteiger partial charge in [-0.3, -0.25) is 0 Å². The molecule has 1 N–H and O–H groups in total. The third kappa shape index (κ3) is 10.6. The molecule has 0 heterocycles. The fourth-order valence-electron chi connectivity index (χ4n) is 1.04. The van der Waals surface area contributed by atoms with E-state index in [-0.39, 0.29) is 28.5 Å². The summed E-state index contributed by atoms with van der Waals surface area (Å²) in [6.07, 6.45) is 0.556. The maximum atomic E-state index is 12.0. The maximum Gasteiger partial charge on any atom is 0.441 e. The van der Waals surface area contributed by atoms with Crippen LogP contribution in [0.15, 0.2) is 0 Å². The van der Waals surface area contributed by atoms with E-state index < -0.39 is 5.51 Å². The van der Waals surface area contributed by atoms with Gasteiger partial charge in [0.05, 0.1) is 0 Å². The lowest BCUT2D eigenvalue weighted by Crippen LogP contribution is -2.42. The average Bonchev–Trinajstić information content (AvgIpc) is 1.97. The van der Waals surface area contributed by atoms with E-state index in [1.165, 1.54) is 0 Å². The highest BCUT2D eigenvalue weighted by Gasteiger charge is 2.29. The molecule has 0 saturated carbocycles. The van der Waals surface area contributed by atoms with Crippen LogP contribution in [0.25, 0.3) is 0 Å². The summed E-state index contributed by atoms with van der Waals surface area (Å²) >= 11 is 0.0660. The summed E-state index contributed by atoms with van der Waals surface area (Å²) in [5.74, 6) is 0.127. The minimum absolute atomic E-state index is 0.00837. The molecule has 0 aromatic rings. The van der Waals surface area contributed by atoms with E-state index in [0.717, 1.165) is 6.54 Å². The van der Waals surface area contributed by atoms with Crippen LogP contribution in [0.4, 0.5) is 13.2 Å². The van der Waals surface area contributed by atoms with Crippen LogP contribution in [0, 0.1) is 5.41 Å². The van der Waals surface area contributed by atoms with Gasteiger partial charge in [0.2, 0.25) is 0 Å². The molecule has 0 aliphatic heterocycles. The Balaban J connectivity index is 3.88. The Kier molecular flexibility index (Phi) is 5.66. The van der Waals surface area contributed by atoms with Crippen molar-refractivity contribution in [2.24, 2.45) is 5.41 Å². The summed E-state index contributed by atoms with van der Waals surface area (Å²) in [6.45, 7) is 10.9. The van der Waals surface area contributed by atoms with Crippen LogP contribution in [0.3, 0.4) is 0 Å². The highest BCUT2D eigenvalue weighted by Crippen LogP contribution is 2.33. The summed E-state index contributed by atoms with van der Waals surface area (Å²) in [4.78, 5) is 0. The summed E-state index contributed by atoms with van der Waals surface area (Å²) in [5.41, 5.74) is -4.20. The van der Waals surface area contributed by atoms with E-state index in [1.54, 1.807) is 0 Å². The first kappa shape index (κ1) is 16.1. The number of nitrogens with one attached hydrogen (secondary N) is 1. The van der Waals surface area contributed by atoms with Crippen LogP contribution < -0.4 is 5.32 Å². The van der Waals surface area contributed by atoms with Crippen molar-refractivity contribution in [3.8, 4) is 0 Å². The molecule has 0 aliphatic carbocycles. The monoisotopic (exact) mass is 257 g/mol. The van der Waals surface area contributed by atoms with E-state index >= 15 is 0 Å². The van der Waals surface area contributed by atoms with Crippen molar-refractivity contribution in [1.29, 1.82) is 0 Å². The molecule has 16 heavy (non-hydrogen) atoms. The molecule has 98 valence electrons. The van der Waals surface area contributed by atoms with Gasteiger partial charge in [0, 0.05) is 17.8 Å². The zero-order chi connectivity index (χ0) is 13.0. The fraction of sp³-hybridized carbons (Fsp3) is 1.00. The van der Waals surface area contributed by atoms with Crippen molar-refractivity contribution in [2.45, 2.75) is 52.1 Å². The molecule has 5 heteroatoms. The minimum Gasteiger partial charge on any atom is -0.312 e. The van der Waals surface area contributed by atoms with Gasteiger partial charge < -0.3 is 5.32 Å². The Morgan fingerprint density at radius 2 is 1.50 bits per heavy atom. The van der Waals surface area contributed by atoms with Gasteiger partial charge in [-0.2, -0.15) is 13.2 Å². The van der Waals surface area contributed by atoms with Crippen molar-refractivity contribution in [1.82, 2.24) is 5.32 Å². The van der Waals surface area contributed by atoms with Gasteiger partial charge in [-0.1, -0.05) is 25.6 Å². The van der Waals surface area contributed by atoms with E-state index in [1.807, 2.05) is 34.6 Å². The number of alkyl halides is 3. The minimum atomic E-state index is -4.10. The molecular weight excluding hydrogens is 235 g/mol. The second-order valence-electron chi connectivity index (χ2n) is 5.81. The number of hydrogen-bond donors (Lipinski definition) is 1. The summed E-state index contributed by atoms with van der Waals surface area (Å²) in [7, 11) is 0. The van der Waals surface area contributed by atoms with Crippen molar-refractivity contribution < 1.29 is 13.2 Å². The third-order valence-electron chi connectivity index (χ3n) is 2.14. The SMILES string of the molecule is CC(C)(CCSC(F)(F)F)CNC(C)(C)C. The van der Waals surface area contributed by atoms with Crippen LogP contribution in [-0.4, -0.2) is 23.3 Å². The molecule has 0 radical (unpaired) electrons. The molecule has 1 nitrogen and oxygen atoms in total. The van der Waals surface area contributed by atoms with Crippen LogP contribution in [0.2, 0.25) is 0 Å². The second kappa shape index (κ2) is 5.63. The lowest BCUT2D eigenvalue weighted by molar-refractivity contribution is -0.0329. The Labute approximate surface area is 101 Å². The van der Waals surface area contributed by atoms with Gasteiger partial charge >= 0.3 is 5.51 Å². The zero-order valence-electron chi connectivity index (χ0n) is 10.7. The van der Waals surface area contributed by atoms with Gasteiger partial charge in [0.1, 0.15) is 0 Å². The highest BCUT2D eigenvalue weighted by molar-refractivity contribution is 8.00. The molecule has 0 bridgehead atoms. The van der Waals surface area contributed by atoms with Crippen molar-refractivity contribution in [2.75, 3.05) is 12.3 Å². The Hall–Kier alpha value is 0.1000. The summed E-state index contributed by atoms with van der Waals surface area (Å²) in [5, 5.41) is 3.32. The molecule has 0 rings (SSSR count). The van der Waals surface area contributed by atoms with Gasteiger partial charge in [-0.25, -0.2) is 0 Å². The molecule has 0 amide bonds. The molecule has 0 aromatic carbocycles. The van der Waals surface area contributed by atoms with Gasteiger partial charge in [0.15, 0.2) is 0 Å². The summed E-state index contributed by atoms with van der Waals surface area (Å²) < 4.78 is 35.9. The normalized spacial score (nSPS) is 14.2. The Morgan fingerprint density at radius 3 is 1.88 bits per heavy atom. The first-order valence-corrected chi connectivity index (χ1v) is 6.36. The molecule has 0 aromatic heterocycles. The largest absolute Gasteiger partial charge is 0.441 e. The van der Waals surface area contributed by atoms with Crippen molar-refractivity contribution >= 4 is 11.8 Å². The standard InChI is InChI=1S/C11H22F3NS/c1-9(2,3)15-8-10(4,5)6-7-16-11(12,13)14/h15H,6-8H2,1-5H3. The fourth-order valence-corrected chi connectivity index (χ4v) is 1.92. The van der Waals surface area contributed by atoms with Crippen LogP contribution in [-0.2, 0) is 0 Å². The predicted octanol–water partition coefficient (Wildman–Crippen LogP) is 4.04. The highest BCUT2D eigenvalue weighted by atomic mass is 32.2. The van der Waals surface area contributed by atoms with Crippen LogP contribution >= 0.6 is 11.8 Å². The van der Waals surface area contributed by atoms with Crippen LogP contribution in [0.5, 0.6) is 0 Å². The predicted molar refractivity (Wildman–Crippen MR) is 64.7 cm³/mol. The van der Waals surface area contributed by atoms with E-state index in [2.05, 4.69) is 5.32 Å². The number of hydrogen-bond acceptors (Lipinski definition) is 2. The Morgan fingerprint density at radius 1 is 1.00 bits per heavy atom. The average molecular weight is 257 g/mol. The quantitative estimate of drug-likeness (QED) is 0.797. The first-order chi connectivity index (χ1) is 6.91. The number of halogens is 3.